The molecule has 6 heteroatoms. The first-order valence-electron chi connectivity index (χ1n) is 7.29. The van der Waals surface area contributed by atoms with Crippen molar-refractivity contribution in [3.8, 4) is 0 Å². The summed E-state index contributed by atoms with van der Waals surface area (Å²) in [6.45, 7) is 11.8. The lowest BCUT2D eigenvalue weighted by molar-refractivity contribution is -0.122. The predicted molar refractivity (Wildman–Crippen MR) is 86.9 cm³/mol. The number of amides is 1. The Morgan fingerprint density at radius 1 is 1.27 bits per heavy atom. The molecule has 2 heterocycles. The lowest BCUT2D eigenvalue weighted by Gasteiger charge is -2.22. The van der Waals surface area contributed by atoms with Crippen LogP contribution in [0.25, 0.3) is 0 Å². The number of thiophene rings is 1. The minimum absolute atomic E-state index is 0.0473. The first-order chi connectivity index (χ1) is 10.1. The van der Waals surface area contributed by atoms with Crippen molar-refractivity contribution in [2.45, 2.75) is 58.9 Å². The number of hydrogen-bond donors (Lipinski definition) is 1. The van der Waals surface area contributed by atoms with Gasteiger partial charge in [0.1, 0.15) is 0 Å². The molecular formula is C16H23N3O2S. The molecular weight excluding hydrogens is 298 g/mol. The Morgan fingerprint density at radius 2 is 1.95 bits per heavy atom. The summed E-state index contributed by atoms with van der Waals surface area (Å²) in [4.78, 5) is 18.9. The van der Waals surface area contributed by atoms with Gasteiger partial charge in [0.05, 0.1) is 12.0 Å². The molecule has 120 valence electrons. The van der Waals surface area contributed by atoms with E-state index in [9.17, 15) is 4.79 Å². The highest BCUT2D eigenvalue weighted by molar-refractivity contribution is 7.12. The Labute approximate surface area is 135 Å². The monoisotopic (exact) mass is 321 g/mol. The van der Waals surface area contributed by atoms with E-state index in [4.69, 9.17) is 4.52 Å². The van der Waals surface area contributed by atoms with Crippen LogP contribution in [-0.2, 0) is 22.2 Å². The van der Waals surface area contributed by atoms with Crippen LogP contribution in [0.3, 0.4) is 0 Å². The van der Waals surface area contributed by atoms with E-state index < -0.39 is 5.54 Å². The summed E-state index contributed by atoms with van der Waals surface area (Å²) in [5.41, 5.74) is -0.879. The number of carbonyl (C=O) groups excluding carboxylic acids is 1. The molecule has 0 saturated carbocycles. The van der Waals surface area contributed by atoms with Gasteiger partial charge in [0.2, 0.25) is 11.8 Å². The second-order valence-corrected chi connectivity index (χ2v) is 8.41. The van der Waals surface area contributed by atoms with Gasteiger partial charge in [0, 0.05) is 15.2 Å². The molecule has 22 heavy (non-hydrogen) atoms. The van der Waals surface area contributed by atoms with Gasteiger partial charge in [-0.25, -0.2) is 0 Å². The summed E-state index contributed by atoms with van der Waals surface area (Å²) >= 11 is 1.63. The van der Waals surface area contributed by atoms with Gasteiger partial charge in [-0.15, -0.1) is 11.3 Å². The Bertz CT molecular complexity index is 665. The predicted octanol–water partition coefficient (Wildman–Crippen LogP) is 3.33. The molecule has 0 spiro atoms. The topological polar surface area (TPSA) is 68.0 Å². The zero-order chi connectivity index (χ0) is 16.5. The van der Waals surface area contributed by atoms with Crippen molar-refractivity contribution in [2.75, 3.05) is 0 Å². The van der Waals surface area contributed by atoms with Crippen molar-refractivity contribution < 1.29 is 9.32 Å². The van der Waals surface area contributed by atoms with Crippen LogP contribution in [0.5, 0.6) is 0 Å². The van der Waals surface area contributed by atoms with Crippen molar-refractivity contribution in [2.24, 2.45) is 0 Å². The maximum atomic E-state index is 12.2. The third kappa shape index (κ3) is 3.94. The zero-order valence-electron chi connectivity index (χ0n) is 14.0. The lowest BCUT2D eigenvalue weighted by Crippen LogP contribution is -2.42. The van der Waals surface area contributed by atoms with E-state index in [1.165, 1.54) is 4.88 Å². The Balaban J connectivity index is 2.06. The molecule has 1 amide bonds. The van der Waals surface area contributed by atoms with Crippen LogP contribution in [0.15, 0.2) is 16.7 Å². The minimum Gasteiger partial charge on any atom is -0.343 e. The SMILES string of the molecule is Cc1ccc(CC(=O)NC(C)(C)c2noc(C(C)(C)C)n2)s1. The van der Waals surface area contributed by atoms with Gasteiger partial charge in [0.15, 0.2) is 5.82 Å². The number of aryl methyl sites for hydroxylation is 1. The average molecular weight is 321 g/mol. The molecule has 0 aliphatic carbocycles. The molecule has 0 aliphatic rings. The molecule has 2 aromatic heterocycles. The third-order valence-corrected chi connectivity index (χ3v) is 4.21. The molecule has 0 fully saturated rings. The molecule has 0 unspecified atom stereocenters. The number of rotatable bonds is 4. The highest BCUT2D eigenvalue weighted by atomic mass is 32.1. The van der Waals surface area contributed by atoms with Gasteiger partial charge < -0.3 is 9.84 Å². The van der Waals surface area contributed by atoms with Crippen molar-refractivity contribution in [1.82, 2.24) is 15.5 Å². The van der Waals surface area contributed by atoms with Gasteiger partial charge in [-0.3, -0.25) is 4.79 Å². The summed E-state index contributed by atoms with van der Waals surface area (Å²) < 4.78 is 5.31. The second-order valence-electron chi connectivity index (χ2n) is 7.04. The molecule has 0 bridgehead atoms. The Hall–Kier alpha value is -1.69. The second kappa shape index (κ2) is 5.83. The number of hydrogen-bond acceptors (Lipinski definition) is 5. The Morgan fingerprint density at radius 3 is 2.45 bits per heavy atom. The molecule has 1 N–H and O–H groups in total. The van der Waals surface area contributed by atoms with Gasteiger partial charge in [-0.05, 0) is 32.9 Å². The van der Waals surface area contributed by atoms with E-state index in [0.717, 1.165) is 4.88 Å². The highest BCUT2D eigenvalue weighted by Crippen LogP contribution is 2.24. The van der Waals surface area contributed by atoms with Gasteiger partial charge >= 0.3 is 0 Å². The van der Waals surface area contributed by atoms with Gasteiger partial charge in [0.25, 0.3) is 0 Å². The molecule has 2 rings (SSSR count). The van der Waals surface area contributed by atoms with Gasteiger partial charge in [-0.1, -0.05) is 25.9 Å². The molecule has 0 saturated heterocycles. The Kier molecular flexibility index (Phi) is 4.42. The van der Waals surface area contributed by atoms with Crippen LogP contribution < -0.4 is 5.32 Å². The van der Waals surface area contributed by atoms with Crippen molar-refractivity contribution in [1.29, 1.82) is 0 Å². The van der Waals surface area contributed by atoms with E-state index in [1.54, 1.807) is 11.3 Å². The van der Waals surface area contributed by atoms with E-state index in [2.05, 4.69) is 15.5 Å². The summed E-state index contributed by atoms with van der Waals surface area (Å²) in [5, 5.41) is 7.00. The lowest BCUT2D eigenvalue weighted by atomic mass is 9.97. The van der Waals surface area contributed by atoms with E-state index in [1.807, 2.05) is 53.7 Å². The van der Waals surface area contributed by atoms with Crippen LogP contribution in [0.2, 0.25) is 0 Å². The maximum absolute atomic E-state index is 12.2. The molecule has 0 aromatic carbocycles. The number of aromatic nitrogens is 2. The number of carbonyl (C=O) groups is 1. The summed E-state index contributed by atoms with van der Waals surface area (Å²) in [5.74, 6) is 1.01. The van der Waals surface area contributed by atoms with Crippen LogP contribution >= 0.6 is 11.3 Å². The number of nitrogens with zero attached hydrogens (tertiary/aromatic N) is 2. The summed E-state index contributed by atoms with van der Waals surface area (Å²) in [6, 6.07) is 4.01. The van der Waals surface area contributed by atoms with Crippen LogP contribution in [0, 0.1) is 6.92 Å². The number of nitrogens with one attached hydrogen (secondary N) is 1. The quantitative estimate of drug-likeness (QED) is 0.938. The molecule has 5 nitrogen and oxygen atoms in total. The molecule has 0 radical (unpaired) electrons. The fourth-order valence-corrected chi connectivity index (χ4v) is 2.86. The van der Waals surface area contributed by atoms with Crippen LogP contribution in [-0.4, -0.2) is 16.0 Å². The smallest absolute Gasteiger partial charge is 0.232 e. The van der Waals surface area contributed by atoms with E-state index >= 15 is 0 Å². The van der Waals surface area contributed by atoms with Gasteiger partial charge in [-0.2, -0.15) is 4.98 Å². The normalized spacial score (nSPS) is 12.5. The fourth-order valence-electron chi connectivity index (χ4n) is 1.97. The maximum Gasteiger partial charge on any atom is 0.232 e. The van der Waals surface area contributed by atoms with Crippen LogP contribution in [0.4, 0.5) is 0 Å². The first kappa shape index (κ1) is 16.7. The summed E-state index contributed by atoms with van der Waals surface area (Å²) in [7, 11) is 0. The third-order valence-electron chi connectivity index (χ3n) is 3.21. The molecule has 0 aliphatic heterocycles. The largest absolute Gasteiger partial charge is 0.343 e. The van der Waals surface area contributed by atoms with Crippen LogP contribution in [0.1, 0.15) is 56.1 Å². The highest BCUT2D eigenvalue weighted by Gasteiger charge is 2.31. The minimum atomic E-state index is -0.670. The van der Waals surface area contributed by atoms with E-state index in [0.29, 0.717) is 18.1 Å². The van der Waals surface area contributed by atoms with Crippen molar-refractivity contribution in [3.05, 3.63) is 33.6 Å². The van der Waals surface area contributed by atoms with Crippen molar-refractivity contribution >= 4 is 17.2 Å². The summed E-state index contributed by atoms with van der Waals surface area (Å²) in [6.07, 6.45) is 0.367. The standard InChI is InChI=1S/C16H23N3O2S/c1-10-7-8-11(22-10)9-12(20)18-16(5,6)13-17-14(21-19-13)15(2,3)4/h7-8H,9H2,1-6H3,(H,18,20). The van der Waals surface area contributed by atoms with Crippen molar-refractivity contribution in [3.63, 3.8) is 0 Å². The zero-order valence-corrected chi connectivity index (χ0v) is 14.8. The molecule has 2 aromatic rings. The van der Waals surface area contributed by atoms with E-state index in [-0.39, 0.29) is 11.3 Å². The molecule has 0 atom stereocenters. The first-order valence-corrected chi connectivity index (χ1v) is 8.10. The average Bonchev–Trinajstić information content (AvgIpc) is 2.96. The fraction of sp³-hybridized carbons (Fsp3) is 0.562.